The van der Waals surface area contributed by atoms with Gasteiger partial charge in [-0.05, 0) is 30.2 Å². The molecule has 0 saturated carbocycles. The van der Waals surface area contributed by atoms with Crippen molar-refractivity contribution in [2.45, 2.75) is 23.9 Å². The van der Waals surface area contributed by atoms with Crippen LogP contribution < -0.4 is 15.4 Å². The predicted molar refractivity (Wildman–Crippen MR) is 145 cm³/mol. The molecule has 0 fully saturated rings. The third kappa shape index (κ3) is 5.09. The first kappa shape index (κ1) is 25.0. The van der Waals surface area contributed by atoms with Gasteiger partial charge in [-0.2, -0.15) is 4.98 Å². The summed E-state index contributed by atoms with van der Waals surface area (Å²) < 4.78 is 7.12. The normalized spacial score (nSPS) is 14.4. The molecule has 1 amide bonds. The molecule has 0 bridgehead atoms. The van der Waals surface area contributed by atoms with E-state index >= 15 is 0 Å². The van der Waals surface area contributed by atoms with E-state index in [2.05, 4.69) is 15.6 Å². The maximum absolute atomic E-state index is 13.7. The second kappa shape index (κ2) is 10.8. The molecule has 10 nitrogen and oxygen atoms in total. The number of nitrogens with zero attached hydrogens (tertiary/aromatic N) is 4. The highest BCUT2D eigenvalue weighted by atomic mass is 32.2. The SMILES string of the molecule is COc1ccccc1NC(=O)C1=C(C)Nc2nc(SCc3ccc([N+](=O)[O-])cc3)nn2C1c1ccccc1. The molecule has 1 unspecified atom stereocenters. The summed E-state index contributed by atoms with van der Waals surface area (Å²) in [7, 11) is 1.56. The Morgan fingerprint density at radius 2 is 1.82 bits per heavy atom. The van der Waals surface area contributed by atoms with Gasteiger partial charge < -0.3 is 15.4 Å². The number of anilines is 2. The van der Waals surface area contributed by atoms with Gasteiger partial charge in [0.15, 0.2) is 0 Å². The van der Waals surface area contributed by atoms with Crippen molar-refractivity contribution in [3.8, 4) is 5.75 Å². The van der Waals surface area contributed by atoms with Gasteiger partial charge in [0.05, 0.1) is 23.3 Å². The van der Waals surface area contributed by atoms with Gasteiger partial charge >= 0.3 is 0 Å². The first-order valence-corrected chi connectivity index (χ1v) is 12.7. The average Bonchev–Trinajstić information content (AvgIpc) is 3.34. The fourth-order valence-corrected chi connectivity index (χ4v) is 5.01. The van der Waals surface area contributed by atoms with Crippen molar-refractivity contribution < 1.29 is 14.5 Å². The quantitative estimate of drug-likeness (QED) is 0.177. The van der Waals surface area contributed by atoms with Crippen LogP contribution in [0.15, 0.2) is 95.3 Å². The molecule has 0 aliphatic carbocycles. The van der Waals surface area contributed by atoms with E-state index in [9.17, 15) is 14.9 Å². The summed E-state index contributed by atoms with van der Waals surface area (Å²) in [6.07, 6.45) is 0. The topological polar surface area (TPSA) is 124 Å². The number of thioether (sulfide) groups is 1. The van der Waals surface area contributed by atoms with E-state index in [1.54, 1.807) is 36.1 Å². The Labute approximate surface area is 222 Å². The van der Waals surface area contributed by atoms with Crippen LogP contribution in [0.5, 0.6) is 5.75 Å². The van der Waals surface area contributed by atoms with Gasteiger partial charge in [0, 0.05) is 23.6 Å². The van der Waals surface area contributed by atoms with Crippen LogP contribution in [0.4, 0.5) is 17.3 Å². The number of aromatic nitrogens is 3. The highest BCUT2D eigenvalue weighted by Gasteiger charge is 2.34. The third-order valence-corrected chi connectivity index (χ3v) is 6.97. The predicted octanol–water partition coefficient (Wildman–Crippen LogP) is 5.41. The van der Waals surface area contributed by atoms with Gasteiger partial charge in [0.25, 0.3) is 11.6 Å². The number of ether oxygens (including phenoxy) is 1. The summed E-state index contributed by atoms with van der Waals surface area (Å²) in [5, 5.41) is 22.4. The number of hydrogen-bond donors (Lipinski definition) is 2. The lowest BCUT2D eigenvalue weighted by Crippen LogP contribution is -2.31. The van der Waals surface area contributed by atoms with Crippen LogP contribution in [0.1, 0.15) is 24.1 Å². The van der Waals surface area contributed by atoms with Crippen molar-refractivity contribution in [2.24, 2.45) is 0 Å². The summed E-state index contributed by atoms with van der Waals surface area (Å²) in [4.78, 5) is 28.8. The number of benzene rings is 3. The highest BCUT2D eigenvalue weighted by Crippen LogP contribution is 2.37. The molecule has 5 rings (SSSR count). The molecule has 1 aliphatic heterocycles. The molecule has 4 aromatic rings. The molecule has 1 aliphatic rings. The third-order valence-electron chi connectivity index (χ3n) is 6.06. The Morgan fingerprint density at radius 3 is 2.53 bits per heavy atom. The number of hydrogen-bond acceptors (Lipinski definition) is 8. The molecule has 2 heterocycles. The number of para-hydroxylation sites is 2. The van der Waals surface area contributed by atoms with E-state index in [1.165, 1.54) is 23.9 Å². The summed E-state index contributed by atoms with van der Waals surface area (Å²) in [6.45, 7) is 1.84. The molecular formula is C27H24N6O4S. The Morgan fingerprint density at radius 1 is 1.11 bits per heavy atom. The number of nitrogens with one attached hydrogen (secondary N) is 2. The van der Waals surface area contributed by atoms with Crippen molar-refractivity contribution in [1.29, 1.82) is 0 Å². The molecule has 38 heavy (non-hydrogen) atoms. The van der Waals surface area contributed by atoms with Gasteiger partial charge in [-0.15, -0.1) is 5.10 Å². The number of amides is 1. The maximum Gasteiger partial charge on any atom is 0.269 e. The Hall–Kier alpha value is -4.64. The number of non-ortho nitro benzene ring substituents is 1. The van der Waals surface area contributed by atoms with Crippen molar-refractivity contribution in [3.63, 3.8) is 0 Å². The molecule has 0 radical (unpaired) electrons. The van der Waals surface area contributed by atoms with Gasteiger partial charge in [-0.25, -0.2) is 4.68 Å². The summed E-state index contributed by atoms with van der Waals surface area (Å²) in [5.41, 5.74) is 3.58. The summed E-state index contributed by atoms with van der Waals surface area (Å²) >= 11 is 1.41. The van der Waals surface area contributed by atoms with E-state index in [0.29, 0.717) is 39.6 Å². The number of fused-ring (bicyclic) bond motifs is 1. The number of allylic oxidation sites excluding steroid dienone is 1. The minimum Gasteiger partial charge on any atom is -0.495 e. The minimum atomic E-state index is -0.511. The zero-order valence-corrected chi connectivity index (χ0v) is 21.4. The number of rotatable bonds is 8. The lowest BCUT2D eigenvalue weighted by molar-refractivity contribution is -0.384. The second-order valence-electron chi connectivity index (χ2n) is 8.51. The van der Waals surface area contributed by atoms with E-state index in [-0.39, 0.29) is 11.6 Å². The van der Waals surface area contributed by atoms with Crippen molar-refractivity contribution in [1.82, 2.24) is 14.8 Å². The van der Waals surface area contributed by atoms with Crippen molar-refractivity contribution >= 4 is 35.0 Å². The van der Waals surface area contributed by atoms with Gasteiger partial charge in [0.1, 0.15) is 11.8 Å². The van der Waals surface area contributed by atoms with Crippen LogP contribution in [0.25, 0.3) is 0 Å². The monoisotopic (exact) mass is 528 g/mol. The van der Waals surface area contributed by atoms with E-state index in [1.807, 2.05) is 49.4 Å². The molecule has 0 spiro atoms. The Bertz CT molecular complexity index is 1520. The van der Waals surface area contributed by atoms with Gasteiger partial charge in [0.2, 0.25) is 11.1 Å². The number of carbonyl (C=O) groups is 1. The van der Waals surface area contributed by atoms with Crippen molar-refractivity contribution in [2.75, 3.05) is 17.7 Å². The van der Waals surface area contributed by atoms with Gasteiger partial charge in [-0.1, -0.05) is 66.4 Å². The molecule has 2 N–H and O–H groups in total. The highest BCUT2D eigenvalue weighted by molar-refractivity contribution is 7.98. The second-order valence-corrected chi connectivity index (χ2v) is 9.45. The lowest BCUT2D eigenvalue weighted by Gasteiger charge is -2.28. The van der Waals surface area contributed by atoms with E-state index in [0.717, 1.165) is 11.1 Å². The summed E-state index contributed by atoms with van der Waals surface area (Å²) in [6, 6.07) is 22.8. The standard InChI is InChI=1S/C27H24N6O4S/c1-17-23(25(34)29-21-10-6-7-11-22(21)37-2)24(19-8-4-3-5-9-19)32-26(28-17)30-27(31-32)38-16-18-12-14-20(15-13-18)33(35)36/h3-15,24H,16H2,1-2H3,(H,29,34)(H,28,30,31). The molecule has 3 aromatic carbocycles. The first-order valence-electron chi connectivity index (χ1n) is 11.7. The fraction of sp³-hybridized carbons (Fsp3) is 0.148. The van der Waals surface area contributed by atoms with Crippen LogP contribution in [-0.2, 0) is 10.5 Å². The van der Waals surface area contributed by atoms with Crippen molar-refractivity contribution in [3.05, 3.63) is 111 Å². The molecule has 11 heteroatoms. The lowest BCUT2D eigenvalue weighted by atomic mass is 9.95. The summed E-state index contributed by atoms with van der Waals surface area (Å²) in [5.74, 6) is 1.34. The van der Waals surface area contributed by atoms with Crippen LogP contribution in [-0.4, -0.2) is 32.7 Å². The van der Waals surface area contributed by atoms with E-state index < -0.39 is 11.0 Å². The molecular weight excluding hydrogens is 504 g/mol. The molecule has 192 valence electrons. The Kier molecular flexibility index (Phi) is 7.09. The van der Waals surface area contributed by atoms with Crippen LogP contribution >= 0.6 is 11.8 Å². The zero-order chi connectivity index (χ0) is 26.6. The number of carbonyl (C=O) groups excluding carboxylic acids is 1. The maximum atomic E-state index is 13.7. The van der Waals surface area contributed by atoms with E-state index in [4.69, 9.17) is 9.84 Å². The smallest absolute Gasteiger partial charge is 0.269 e. The molecule has 1 aromatic heterocycles. The first-order chi connectivity index (χ1) is 18.4. The zero-order valence-electron chi connectivity index (χ0n) is 20.6. The molecule has 1 atom stereocenters. The average molecular weight is 529 g/mol. The number of nitro benzene ring substituents is 1. The van der Waals surface area contributed by atoms with Gasteiger partial charge in [-0.3, -0.25) is 14.9 Å². The van der Waals surface area contributed by atoms with Crippen LogP contribution in [0, 0.1) is 10.1 Å². The molecule has 0 saturated heterocycles. The number of nitro groups is 1. The minimum absolute atomic E-state index is 0.0460. The van der Waals surface area contributed by atoms with Crippen LogP contribution in [0.3, 0.4) is 0 Å². The largest absolute Gasteiger partial charge is 0.495 e. The number of methoxy groups -OCH3 is 1. The fourth-order valence-electron chi connectivity index (χ4n) is 4.23. The Balaban J connectivity index is 1.44. The van der Waals surface area contributed by atoms with Crippen LogP contribution in [0.2, 0.25) is 0 Å².